The van der Waals surface area contributed by atoms with Crippen LogP contribution in [0.25, 0.3) is 20.4 Å². The maximum Gasteiger partial charge on any atom is 0.147 e. The number of aromatic nitrogens is 3. The lowest BCUT2D eigenvalue weighted by molar-refractivity contribution is -0.368. The van der Waals surface area contributed by atoms with Gasteiger partial charge in [-0.2, -0.15) is 0 Å². The lowest BCUT2D eigenvalue weighted by atomic mass is 9.87. The number of unbranched alkanes of at least 4 members (excludes halogenated alkanes) is 1. The Kier molecular flexibility index (Phi) is 5.24. The van der Waals surface area contributed by atoms with Gasteiger partial charge in [0.2, 0.25) is 0 Å². The Morgan fingerprint density at radius 3 is 2.82 bits per heavy atom. The topological polar surface area (TPSA) is 87.6 Å². The van der Waals surface area contributed by atoms with Crippen LogP contribution in [0.4, 0.5) is 5.82 Å². The minimum absolute atomic E-state index is 0.175. The predicted octanol–water partition coefficient (Wildman–Crippen LogP) is 3.65. The molecule has 0 radical (unpaired) electrons. The van der Waals surface area contributed by atoms with E-state index in [1.54, 1.807) is 17.7 Å². The summed E-state index contributed by atoms with van der Waals surface area (Å²) in [4.78, 5) is 15.3. The number of hydrogen-bond acceptors (Lipinski definition) is 6. The summed E-state index contributed by atoms with van der Waals surface area (Å²) in [5.41, 5.74) is 8.53. The summed E-state index contributed by atoms with van der Waals surface area (Å²) in [5, 5.41) is 4.69. The zero-order chi connectivity index (χ0) is 19.9. The Hall–Kier alpha value is -1.83. The lowest BCUT2D eigenvalue weighted by Crippen LogP contribution is -2.50. The molecule has 1 aliphatic heterocycles. The SMILES string of the molecule is CC(C)c1nc2sc3c(NCCCC[NH3+])ncnc3c2c2c1COC(C)(C)C2. The third-order valence-electron chi connectivity index (χ3n) is 5.38. The van der Waals surface area contributed by atoms with Crippen LogP contribution in [0.1, 0.15) is 63.3 Å². The molecule has 4 rings (SSSR count). The number of fused-ring (bicyclic) bond motifs is 5. The first-order chi connectivity index (χ1) is 13.4. The largest absolute Gasteiger partial charge is 0.370 e. The molecular weight excluding hydrogens is 370 g/mol. The zero-order valence-corrected chi connectivity index (χ0v) is 18.1. The number of nitrogens with zero attached hydrogens (tertiary/aromatic N) is 3. The van der Waals surface area contributed by atoms with Gasteiger partial charge in [0.1, 0.15) is 17.0 Å². The molecule has 0 saturated carbocycles. The highest BCUT2D eigenvalue weighted by Crippen LogP contribution is 2.43. The molecule has 7 heteroatoms. The zero-order valence-electron chi connectivity index (χ0n) is 17.3. The van der Waals surface area contributed by atoms with Gasteiger partial charge >= 0.3 is 0 Å². The molecule has 3 aromatic rings. The van der Waals surface area contributed by atoms with E-state index in [0.717, 1.165) is 58.9 Å². The van der Waals surface area contributed by atoms with Gasteiger partial charge in [0.05, 0.1) is 34.7 Å². The maximum absolute atomic E-state index is 6.13. The van der Waals surface area contributed by atoms with Crippen molar-refractivity contribution in [1.82, 2.24) is 15.0 Å². The quantitative estimate of drug-likeness (QED) is 0.617. The number of rotatable bonds is 6. The molecule has 0 aliphatic carbocycles. The summed E-state index contributed by atoms with van der Waals surface area (Å²) in [7, 11) is 0. The molecule has 150 valence electrons. The number of thiophene rings is 1. The highest BCUT2D eigenvalue weighted by molar-refractivity contribution is 7.26. The summed E-state index contributed by atoms with van der Waals surface area (Å²) in [6.07, 6.45) is 4.76. The van der Waals surface area contributed by atoms with Crippen LogP contribution in [0.3, 0.4) is 0 Å². The van der Waals surface area contributed by atoms with E-state index in [9.17, 15) is 0 Å². The van der Waals surface area contributed by atoms with Crippen LogP contribution in [0.5, 0.6) is 0 Å². The third-order valence-corrected chi connectivity index (χ3v) is 6.46. The number of quaternary nitrogens is 1. The van der Waals surface area contributed by atoms with Gasteiger partial charge in [-0.15, -0.1) is 11.3 Å². The monoisotopic (exact) mass is 400 g/mol. The minimum atomic E-state index is -0.175. The Labute approximate surface area is 169 Å². The van der Waals surface area contributed by atoms with Crippen molar-refractivity contribution < 1.29 is 10.5 Å². The molecule has 1 aliphatic rings. The van der Waals surface area contributed by atoms with E-state index in [0.29, 0.717) is 12.5 Å². The molecule has 0 bridgehead atoms. The highest BCUT2D eigenvalue weighted by atomic mass is 32.1. The van der Waals surface area contributed by atoms with Gasteiger partial charge in [-0.3, -0.25) is 0 Å². The van der Waals surface area contributed by atoms with E-state index < -0.39 is 0 Å². The fourth-order valence-electron chi connectivity index (χ4n) is 3.94. The van der Waals surface area contributed by atoms with E-state index in [2.05, 4.69) is 48.7 Å². The second kappa shape index (κ2) is 7.54. The van der Waals surface area contributed by atoms with Crippen molar-refractivity contribution in [3.63, 3.8) is 0 Å². The van der Waals surface area contributed by atoms with Crippen molar-refractivity contribution in [1.29, 1.82) is 0 Å². The summed E-state index contributed by atoms with van der Waals surface area (Å²) in [5.74, 6) is 1.28. The Morgan fingerprint density at radius 1 is 1.25 bits per heavy atom. The van der Waals surface area contributed by atoms with Crippen LogP contribution in [-0.4, -0.2) is 33.6 Å². The Bertz CT molecular complexity index is 1010. The predicted molar refractivity (Wildman–Crippen MR) is 115 cm³/mol. The first kappa shape index (κ1) is 19.5. The number of pyridine rings is 1. The second-order valence-corrected chi connectivity index (χ2v) is 9.50. The fourth-order valence-corrected chi connectivity index (χ4v) is 5.08. The molecule has 0 unspecified atom stereocenters. The highest BCUT2D eigenvalue weighted by Gasteiger charge is 2.32. The van der Waals surface area contributed by atoms with Crippen LogP contribution in [0.2, 0.25) is 0 Å². The van der Waals surface area contributed by atoms with Crippen molar-refractivity contribution >= 4 is 37.6 Å². The van der Waals surface area contributed by atoms with E-state index >= 15 is 0 Å². The number of nitrogens with one attached hydrogen (secondary N) is 1. The van der Waals surface area contributed by atoms with Gasteiger partial charge in [-0.25, -0.2) is 15.0 Å². The van der Waals surface area contributed by atoms with E-state index in [1.807, 2.05) is 0 Å². The average molecular weight is 401 g/mol. The smallest absolute Gasteiger partial charge is 0.147 e. The molecule has 0 saturated heterocycles. The second-order valence-electron chi connectivity index (χ2n) is 8.50. The normalized spacial score (nSPS) is 16.1. The number of anilines is 1. The molecule has 28 heavy (non-hydrogen) atoms. The molecule has 0 amide bonds. The Morgan fingerprint density at radius 2 is 2.07 bits per heavy atom. The van der Waals surface area contributed by atoms with E-state index in [4.69, 9.17) is 9.72 Å². The van der Waals surface area contributed by atoms with E-state index in [-0.39, 0.29) is 5.60 Å². The van der Waals surface area contributed by atoms with Crippen LogP contribution in [0.15, 0.2) is 6.33 Å². The van der Waals surface area contributed by atoms with Crippen molar-refractivity contribution in [3.8, 4) is 0 Å². The molecular formula is C21H30N5OS+. The molecule has 4 N–H and O–H groups in total. The first-order valence-electron chi connectivity index (χ1n) is 10.2. The summed E-state index contributed by atoms with van der Waals surface area (Å²) in [6, 6.07) is 0. The maximum atomic E-state index is 6.13. The van der Waals surface area contributed by atoms with Crippen LogP contribution in [-0.2, 0) is 17.8 Å². The molecule has 0 fully saturated rings. The fraction of sp³-hybridized carbons (Fsp3) is 0.571. The van der Waals surface area contributed by atoms with Crippen molar-refractivity contribution in [2.24, 2.45) is 0 Å². The van der Waals surface area contributed by atoms with E-state index in [1.165, 1.54) is 16.5 Å². The number of ether oxygens (including phenoxy) is 1. The van der Waals surface area contributed by atoms with Gasteiger partial charge < -0.3 is 15.8 Å². The van der Waals surface area contributed by atoms with Crippen molar-refractivity contribution in [2.75, 3.05) is 18.4 Å². The minimum Gasteiger partial charge on any atom is -0.370 e. The van der Waals surface area contributed by atoms with Crippen LogP contribution in [0, 0.1) is 0 Å². The van der Waals surface area contributed by atoms with Crippen LogP contribution < -0.4 is 11.1 Å². The van der Waals surface area contributed by atoms with Gasteiger partial charge in [0.25, 0.3) is 0 Å². The standard InChI is InChI=1S/C21H29N5OS/c1-12(2)16-14-10-27-21(3,4)9-13(14)15-17-18(28-20(15)26-16)19(25-11-24-17)23-8-6-5-7-22/h11-12H,5-10,22H2,1-4H3,(H,23,24,25)/p+1. The van der Waals surface area contributed by atoms with Crippen LogP contribution >= 0.6 is 11.3 Å². The Balaban J connectivity index is 1.89. The summed E-state index contributed by atoms with van der Waals surface area (Å²) >= 11 is 1.70. The first-order valence-corrected chi connectivity index (χ1v) is 11.0. The molecule has 0 spiro atoms. The summed E-state index contributed by atoms with van der Waals surface area (Å²) < 4.78 is 7.24. The number of hydrogen-bond donors (Lipinski definition) is 2. The molecule has 6 nitrogen and oxygen atoms in total. The summed E-state index contributed by atoms with van der Waals surface area (Å²) in [6.45, 7) is 11.2. The average Bonchev–Trinajstić information content (AvgIpc) is 3.03. The molecule has 0 atom stereocenters. The molecule has 0 aromatic carbocycles. The molecule has 4 heterocycles. The van der Waals surface area contributed by atoms with Gasteiger partial charge in [-0.05, 0) is 38.2 Å². The lowest BCUT2D eigenvalue weighted by Gasteiger charge is -2.33. The molecule has 3 aromatic heterocycles. The van der Waals surface area contributed by atoms with Gasteiger partial charge in [0.15, 0.2) is 0 Å². The third kappa shape index (κ3) is 3.47. The van der Waals surface area contributed by atoms with Crippen molar-refractivity contribution in [2.45, 2.75) is 65.1 Å². The van der Waals surface area contributed by atoms with Gasteiger partial charge in [0, 0.05) is 23.9 Å². The van der Waals surface area contributed by atoms with Crippen molar-refractivity contribution in [3.05, 3.63) is 23.1 Å². The van der Waals surface area contributed by atoms with Gasteiger partial charge in [-0.1, -0.05) is 13.8 Å².